The summed E-state index contributed by atoms with van der Waals surface area (Å²) in [6.07, 6.45) is 0.746. The predicted octanol–water partition coefficient (Wildman–Crippen LogP) is 1.44. The maximum Gasteiger partial charge on any atom is 0.206 e. The van der Waals surface area contributed by atoms with Crippen molar-refractivity contribution in [2.75, 3.05) is 0 Å². The number of carbonyl (C=O) groups excluding carboxylic acids is 1. The molecule has 0 unspecified atom stereocenters. The molecule has 0 aliphatic carbocycles. The Morgan fingerprint density at radius 1 is 1.36 bits per heavy atom. The van der Waals surface area contributed by atoms with E-state index in [1.165, 1.54) is 5.56 Å². The second-order valence-electron chi connectivity index (χ2n) is 2.50. The van der Waals surface area contributed by atoms with Crippen molar-refractivity contribution in [2.24, 2.45) is 0 Å². The molecule has 55 valence electrons. The van der Waals surface area contributed by atoms with Gasteiger partial charge in [-0.1, -0.05) is 35.9 Å². The summed E-state index contributed by atoms with van der Waals surface area (Å²) in [6, 6.07) is 9.95. The zero-order valence-electron chi connectivity index (χ0n) is 6.58. The van der Waals surface area contributed by atoms with Crippen LogP contribution in [0.2, 0.25) is 0 Å². The lowest BCUT2D eigenvalue weighted by Crippen LogP contribution is -2.06. The summed E-state index contributed by atoms with van der Waals surface area (Å²) in [4.78, 5) is 10.6. The molecule has 0 amide bonds. The summed E-state index contributed by atoms with van der Waals surface area (Å²) in [5.41, 5.74) is 1.32. The van der Waals surface area contributed by atoms with E-state index in [1.54, 1.807) is 14.2 Å². The molecular formula is C9H10BO. The van der Waals surface area contributed by atoms with Crippen LogP contribution >= 0.6 is 0 Å². The zero-order valence-corrected chi connectivity index (χ0v) is 6.58. The van der Waals surface area contributed by atoms with E-state index in [-0.39, 0.29) is 5.68 Å². The van der Waals surface area contributed by atoms with Crippen molar-refractivity contribution in [3.8, 4) is 0 Å². The van der Waals surface area contributed by atoms with Crippen LogP contribution in [-0.2, 0) is 11.1 Å². The first-order chi connectivity index (χ1) is 5.29. The van der Waals surface area contributed by atoms with E-state index in [4.69, 9.17) is 0 Å². The standard InChI is InChI=1S/C9H10BO/c1-8(11)10-7-9-5-3-2-4-6-9/h2-6H,7H2,1H3. The molecule has 0 bridgehead atoms. The fourth-order valence-corrected chi connectivity index (χ4v) is 0.876. The number of carbonyl (C=O) groups is 1. The molecule has 0 heterocycles. The molecule has 1 aromatic carbocycles. The lowest BCUT2D eigenvalue weighted by molar-refractivity contribution is -0.110. The Labute approximate surface area is 67.7 Å². The molecule has 0 spiro atoms. The van der Waals surface area contributed by atoms with E-state index in [9.17, 15) is 4.79 Å². The Morgan fingerprint density at radius 2 is 2.00 bits per heavy atom. The summed E-state index contributed by atoms with van der Waals surface area (Å²) in [7, 11) is 1.69. The fourth-order valence-electron chi connectivity index (χ4n) is 0.876. The first kappa shape index (κ1) is 8.06. The van der Waals surface area contributed by atoms with Crippen molar-refractivity contribution in [1.29, 1.82) is 0 Å². The summed E-state index contributed by atoms with van der Waals surface area (Å²) in [5.74, 6) is 0. The van der Waals surface area contributed by atoms with Gasteiger partial charge in [0, 0.05) is 0 Å². The van der Waals surface area contributed by atoms with Crippen LogP contribution in [0.5, 0.6) is 0 Å². The van der Waals surface area contributed by atoms with E-state index in [0.29, 0.717) is 0 Å². The second-order valence-corrected chi connectivity index (χ2v) is 2.50. The first-order valence-electron chi connectivity index (χ1n) is 3.67. The molecule has 0 N–H and O–H groups in total. The Morgan fingerprint density at radius 3 is 2.55 bits per heavy atom. The summed E-state index contributed by atoms with van der Waals surface area (Å²) in [5, 5.41) is 0. The average molecular weight is 145 g/mol. The Balaban J connectivity index is 2.45. The van der Waals surface area contributed by atoms with Crippen molar-refractivity contribution < 1.29 is 4.79 Å². The predicted molar refractivity (Wildman–Crippen MR) is 46.6 cm³/mol. The van der Waals surface area contributed by atoms with Gasteiger partial charge < -0.3 is 4.79 Å². The van der Waals surface area contributed by atoms with Crippen LogP contribution in [0.4, 0.5) is 0 Å². The van der Waals surface area contributed by atoms with Gasteiger partial charge in [0.25, 0.3) is 0 Å². The minimum Gasteiger partial charge on any atom is -0.312 e. The monoisotopic (exact) mass is 145 g/mol. The van der Waals surface area contributed by atoms with Crippen molar-refractivity contribution in [3.05, 3.63) is 35.9 Å². The molecule has 0 atom stereocenters. The number of benzene rings is 1. The molecular weight excluding hydrogens is 135 g/mol. The van der Waals surface area contributed by atoms with E-state index in [2.05, 4.69) is 0 Å². The normalized spacial score (nSPS) is 9.18. The minimum absolute atomic E-state index is 0.133. The third kappa shape index (κ3) is 3.03. The Bertz CT molecular complexity index is 231. The van der Waals surface area contributed by atoms with E-state index < -0.39 is 0 Å². The molecule has 0 aromatic heterocycles. The van der Waals surface area contributed by atoms with E-state index in [0.717, 1.165) is 6.32 Å². The van der Waals surface area contributed by atoms with Crippen LogP contribution in [0, 0.1) is 0 Å². The van der Waals surface area contributed by atoms with Crippen LogP contribution in [0.15, 0.2) is 30.3 Å². The van der Waals surface area contributed by atoms with Crippen molar-refractivity contribution >= 4 is 13.0 Å². The maximum atomic E-state index is 10.6. The fraction of sp³-hybridized carbons (Fsp3) is 0.222. The van der Waals surface area contributed by atoms with Crippen LogP contribution in [0.25, 0.3) is 0 Å². The van der Waals surface area contributed by atoms with E-state index >= 15 is 0 Å². The smallest absolute Gasteiger partial charge is 0.206 e. The van der Waals surface area contributed by atoms with Gasteiger partial charge in [-0.05, 0) is 13.2 Å². The van der Waals surface area contributed by atoms with Crippen LogP contribution in [0.3, 0.4) is 0 Å². The van der Waals surface area contributed by atoms with Crippen molar-refractivity contribution in [3.63, 3.8) is 0 Å². The average Bonchev–Trinajstić information content (AvgIpc) is 2.03. The van der Waals surface area contributed by atoms with Crippen LogP contribution in [-0.4, -0.2) is 13.0 Å². The van der Waals surface area contributed by atoms with Gasteiger partial charge in [0.1, 0.15) is 0 Å². The molecule has 0 aliphatic heterocycles. The van der Waals surface area contributed by atoms with Crippen LogP contribution < -0.4 is 0 Å². The lowest BCUT2D eigenvalue weighted by atomic mass is 9.68. The number of hydrogen-bond donors (Lipinski definition) is 0. The molecule has 1 nitrogen and oxygen atoms in total. The second kappa shape index (κ2) is 3.96. The molecule has 11 heavy (non-hydrogen) atoms. The van der Waals surface area contributed by atoms with Crippen LogP contribution in [0.1, 0.15) is 12.5 Å². The molecule has 1 rings (SSSR count). The molecule has 0 saturated heterocycles. The molecule has 1 aromatic rings. The maximum absolute atomic E-state index is 10.6. The van der Waals surface area contributed by atoms with Gasteiger partial charge in [0.15, 0.2) is 0 Å². The van der Waals surface area contributed by atoms with Gasteiger partial charge >= 0.3 is 0 Å². The largest absolute Gasteiger partial charge is 0.312 e. The van der Waals surface area contributed by atoms with Crippen molar-refractivity contribution in [2.45, 2.75) is 13.2 Å². The van der Waals surface area contributed by atoms with Gasteiger partial charge in [-0.25, -0.2) is 0 Å². The molecule has 0 saturated carbocycles. The SMILES string of the molecule is CC(=O)[B]Cc1ccccc1. The van der Waals surface area contributed by atoms with Gasteiger partial charge in [-0.2, -0.15) is 0 Å². The third-order valence-electron chi connectivity index (χ3n) is 1.47. The topological polar surface area (TPSA) is 17.1 Å². The van der Waals surface area contributed by atoms with Gasteiger partial charge in [0.2, 0.25) is 7.28 Å². The summed E-state index contributed by atoms with van der Waals surface area (Å²) in [6.45, 7) is 1.57. The molecule has 0 aliphatic rings. The highest BCUT2D eigenvalue weighted by atomic mass is 16.1. The number of rotatable bonds is 3. The first-order valence-corrected chi connectivity index (χ1v) is 3.67. The summed E-state index contributed by atoms with van der Waals surface area (Å²) < 4.78 is 0. The zero-order chi connectivity index (χ0) is 8.10. The molecule has 0 fully saturated rings. The summed E-state index contributed by atoms with van der Waals surface area (Å²) >= 11 is 0. The van der Waals surface area contributed by atoms with Gasteiger partial charge in [-0.15, -0.1) is 0 Å². The van der Waals surface area contributed by atoms with Gasteiger partial charge in [0.05, 0.1) is 5.68 Å². The third-order valence-corrected chi connectivity index (χ3v) is 1.47. The quantitative estimate of drug-likeness (QED) is 0.588. The molecule has 2 heteroatoms. The van der Waals surface area contributed by atoms with Gasteiger partial charge in [-0.3, -0.25) is 0 Å². The van der Waals surface area contributed by atoms with Crippen molar-refractivity contribution in [1.82, 2.24) is 0 Å². The Kier molecular flexibility index (Phi) is 2.90. The highest BCUT2D eigenvalue weighted by molar-refractivity contribution is 6.72. The minimum atomic E-state index is 0.133. The highest BCUT2D eigenvalue weighted by Gasteiger charge is 1.96. The van der Waals surface area contributed by atoms with E-state index in [1.807, 2.05) is 30.3 Å². The Hall–Kier alpha value is -1.05. The molecule has 1 radical (unpaired) electrons. The highest BCUT2D eigenvalue weighted by Crippen LogP contribution is 1.97. The lowest BCUT2D eigenvalue weighted by Gasteiger charge is -1.94. The number of hydrogen-bond acceptors (Lipinski definition) is 1.